The third-order valence-corrected chi connectivity index (χ3v) is 3.83. The highest BCUT2D eigenvalue weighted by molar-refractivity contribution is 5.92. The summed E-state index contributed by atoms with van der Waals surface area (Å²) < 4.78 is 4.70. The van der Waals surface area contributed by atoms with Crippen LogP contribution in [0.5, 0.6) is 0 Å². The highest BCUT2D eigenvalue weighted by atomic mass is 16.5. The van der Waals surface area contributed by atoms with Crippen molar-refractivity contribution in [3.63, 3.8) is 0 Å². The van der Waals surface area contributed by atoms with Gasteiger partial charge in [0.15, 0.2) is 11.5 Å². The van der Waals surface area contributed by atoms with Gasteiger partial charge in [-0.3, -0.25) is 4.79 Å². The van der Waals surface area contributed by atoms with Crippen molar-refractivity contribution in [1.29, 1.82) is 0 Å². The number of esters is 1. The Morgan fingerprint density at radius 3 is 2.58 bits per heavy atom. The molecule has 1 fully saturated rings. The van der Waals surface area contributed by atoms with Gasteiger partial charge in [-0.05, 0) is 43.2 Å². The molecular formula is C17H18N4O3. The largest absolute Gasteiger partial charge is 0.465 e. The van der Waals surface area contributed by atoms with Gasteiger partial charge in [-0.15, -0.1) is 10.2 Å². The van der Waals surface area contributed by atoms with E-state index in [1.165, 1.54) is 7.11 Å². The van der Waals surface area contributed by atoms with Gasteiger partial charge in [-0.1, -0.05) is 6.07 Å². The van der Waals surface area contributed by atoms with Gasteiger partial charge >= 0.3 is 5.97 Å². The molecular weight excluding hydrogens is 308 g/mol. The minimum atomic E-state index is -0.406. The lowest BCUT2D eigenvalue weighted by Gasteiger charge is -2.14. The van der Waals surface area contributed by atoms with Crippen molar-refractivity contribution >= 4 is 23.4 Å². The molecule has 1 N–H and O–H groups in total. The SMILES string of the molecule is COC(=O)c1cccc(Nc2ccc(C(=O)N3CCCC3)nn2)c1. The molecule has 1 saturated heterocycles. The third-order valence-electron chi connectivity index (χ3n) is 3.83. The molecule has 0 saturated carbocycles. The van der Waals surface area contributed by atoms with Crippen molar-refractivity contribution in [2.24, 2.45) is 0 Å². The predicted octanol–water partition coefficient (Wildman–Crippen LogP) is 2.24. The number of rotatable bonds is 4. The Labute approximate surface area is 139 Å². The number of methoxy groups -OCH3 is 1. The summed E-state index contributed by atoms with van der Waals surface area (Å²) in [5.74, 6) is 0.00511. The number of nitrogens with one attached hydrogen (secondary N) is 1. The maximum Gasteiger partial charge on any atom is 0.337 e. The zero-order valence-electron chi connectivity index (χ0n) is 13.4. The highest BCUT2D eigenvalue weighted by Gasteiger charge is 2.20. The average Bonchev–Trinajstić information content (AvgIpc) is 3.16. The van der Waals surface area contributed by atoms with Crippen LogP contribution in [0, 0.1) is 0 Å². The van der Waals surface area contributed by atoms with Gasteiger partial charge in [0, 0.05) is 18.8 Å². The summed E-state index contributed by atoms with van der Waals surface area (Å²) in [7, 11) is 1.34. The molecule has 1 aromatic carbocycles. The summed E-state index contributed by atoms with van der Waals surface area (Å²) >= 11 is 0. The molecule has 2 aromatic rings. The number of likely N-dealkylation sites (tertiary alicyclic amines) is 1. The van der Waals surface area contributed by atoms with E-state index >= 15 is 0 Å². The third kappa shape index (κ3) is 3.51. The molecule has 7 heteroatoms. The van der Waals surface area contributed by atoms with Crippen LogP contribution in [0.1, 0.15) is 33.7 Å². The molecule has 0 aliphatic carbocycles. The number of anilines is 2. The van der Waals surface area contributed by atoms with Crippen LogP contribution < -0.4 is 5.32 Å². The van der Waals surface area contributed by atoms with Crippen molar-refractivity contribution in [2.45, 2.75) is 12.8 Å². The average molecular weight is 326 g/mol. The summed E-state index contributed by atoms with van der Waals surface area (Å²) in [6.45, 7) is 1.56. The lowest BCUT2D eigenvalue weighted by molar-refractivity contribution is 0.0600. The maximum atomic E-state index is 12.2. The van der Waals surface area contributed by atoms with Crippen molar-refractivity contribution in [3.8, 4) is 0 Å². The van der Waals surface area contributed by atoms with Crippen LogP contribution in [-0.4, -0.2) is 47.2 Å². The predicted molar refractivity (Wildman–Crippen MR) is 88.2 cm³/mol. The molecule has 24 heavy (non-hydrogen) atoms. The molecule has 0 unspecified atom stereocenters. The Morgan fingerprint density at radius 1 is 1.12 bits per heavy atom. The summed E-state index contributed by atoms with van der Waals surface area (Å²) in [6, 6.07) is 10.2. The monoisotopic (exact) mass is 326 g/mol. The zero-order chi connectivity index (χ0) is 16.9. The fraction of sp³-hybridized carbons (Fsp3) is 0.294. The Morgan fingerprint density at radius 2 is 1.92 bits per heavy atom. The standard InChI is InChI=1S/C17H18N4O3/c1-24-17(23)12-5-4-6-13(11-12)18-15-8-7-14(19-20-15)16(22)21-9-2-3-10-21/h4-8,11H,2-3,9-10H2,1H3,(H,18,20). The normalized spacial score (nSPS) is 13.6. The molecule has 0 radical (unpaired) electrons. The molecule has 0 bridgehead atoms. The summed E-state index contributed by atoms with van der Waals surface area (Å²) in [4.78, 5) is 25.6. The number of carbonyl (C=O) groups excluding carboxylic acids is 2. The molecule has 1 aliphatic heterocycles. The molecule has 3 rings (SSSR count). The van der Waals surface area contributed by atoms with E-state index in [1.807, 2.05) is 0 Å². The van der Waals surface area contributed by atoms with Crippen molar-refractivity contribution < 1.29 is 14.3 Å². The van der Waals surface area contributed by atoms with Crippen LogP contribution in [-0.2, 0) is 4.74 Å². The number of aromatic nitrogens is 2. The van der Waals surface area contributed by atoms with Gasteiger partial charge < -0.3 is 15.0 Å². The molecule has 7 nitrogen and oxygen atoms in total. The van der Waals surface area contributed by atoms with Crippen molar-refractivity contribution in [1.82, 2.24) is 15.1 Å². The lowest BCUT2D eigenvalue weighted by Crippen LogP contribution is -2.28. The quantitative estimate of drug-likeness (QED) is 0.868. The minimum Gasteiger partial charge on any atom is -0.465 e. The number of ether oxygens (including phenoxy) is 1. The molecule has 0 spiro atoms. The van der Waals surface area contributed by atoms with E-state index in [1.54, 1.807) is 41.3 Å². The fourth-order valence-electron chi connectivity index (χ4n) is 2.58. The van der Waals surface area contributed by atoms with E-state index < -0.39 is 5.97 Å². The molecule has 0 atom stereocenters. The first-order valence-electron chi connectivity index (χ1n) is 7.76. The second-order valence-electron chi connectivity index (χ2n) is 5.50. The highest BCUT2D eigenvalue weighted by Crippen LogP contribution is 2.17. The Hall–Kier alpha value is -2.96. The van der Waals surface area contributed by atoms with Crippen molar-refractivity contribution in [3.05, 3.63) is 47.7 Å². The lowest BCUT2D eigenvalue weighted by atomic mass is 10.2. The van der Waals surface area contributed by atoms with Gasteiger partial charge in [-0.2, -0.15) is 0 Å². The van der Waals surface area contributed by atoms with Crippen LogP contribution in [0.3, 0.4) is 0 Å². The fourth-order valence-corrected chi connectivity index (χ4v) is 2.58. The Bertz CT molecular complexity index is 740. The maximum absolute atomic E-state index is 12.2. The van der Waals surface area contributed by atoms with E-state index in [9.17, 15) is 9.59 Å². The topological polar surface area (TPSA) is 84.4 Å². The van der Waals surface area contributed by atoms with Crippen LogP contribution in [0.15, 0.2) is 36.4 Å². The molecule has 1 aromatic heterocycles. The Kier molecular flexibility index (Phi) is 4.69. The summed E-state index contributed by atoms with van der Waals surface area (Å²) in [5, 5.41) is 11.1. The van der Waals surface area contributed by atoms with Gasteiger partial charge in [0.05, 0.1) is 12.7 Å². The molecule has 2 heterocycles. The molecule has 1 amide bonds. The Balaban J connectivity index is 1.70. The van der Waals surface area contributed by atoms with Gasteiger partial charge in [0.2, 0.25) is 0 Å². The van der Waals surface area contributed by atoms with E-state index in [0.29, 0.717) is 22.8 Å². The number of amides is 1. The second-order valence-corrected chi connectivity index (χ2v) is 5.50. The summed E-state index contributed by atoms with van der Waals surface area (Å²) in [5.41, 5.74) is 1.47. The number of hydrogen-bond acceptors (Lipinski definition) is 6. The van der Waals surface area contributed by atoms with Crippen LogP contribution in [0.25, 0.3) is 0 Å². The van der Waals surface area contributed by atoms with Gasteiger partial charge in [-0.25, -0.2) is 4.79 Å². The molecule has 124 valence electrons. The van der Waals surface area contributed by atoms with E-state index in [-0.39, 0.29) is 5.91 Å². The number of hydrogen-bond donors (Lipinski definition) is 1. The van der Waals surface area contributed by atoms with Crippen LogP contribution in [0.4, 0.5) is 11.5 Å². The first-order chi connectivity index (χ1) is 11.7. The summed E-state index contributed by atoms with van der Waals surface area (Å²) in [6.07, 6.45) is 2.07. The van der Waals surface area contributed by atoms with Gasteiger partial charge in [0.25, 0.3) is 5.91 Å². The van der Waals surface area contributed by atoms with E-state index in [0.717, 1.165) is 25.9 Å². The number of benzene rings is 1. The first kappa shape index (κ1) is 15.9. The van der Waals surface area contributed by atoms with Crippen molar-refractivity contribution in [2.75, 3.05) is 25.5 Å². The zero-order valence-corrected chi connectivity index (χ0v) is 13.4. The molecule has 1 aliphatic rings. The van der Waals surface area contributed by atoms with Crippen LogP contribution in [0.2, 0.25) is 0 Å². The number of carbonyl (C=O) groups is 2. The second kappa shape index (κ2) is 7.08. The smallest absolute Gasteiger partial charge is 0.337 e. The first-order valence-corrected chi connectivity index (χ1v) is 7.76. The number of nitrogens with zero attached hydrogens (tertiary/aromatic N) is 3. The van der Waals surface area contributed by atoms with E-state index in [2.05, 4.69) is 15.5 Å². The van der Waals surface area contributed by atoms with E-state index in [4.69, 9.17) is 4.74 Å². The minimum absolute atomic E-state index is 0.0840. The van der Waals surface area contributed by atoms with Crippen LogP contribution >= 0.6 is 0 Å². The van der Waals surface area contributed by atoms with Gasteiger partial charge in [0.1, 0.15) is 0 Å².